The Morgan fingerprint density at radius 1 is 1.16 bits per heavy atom. The molecule has 0 radical (unpaired) electrons. The molecule has 2 aromatic carbocycles. The lowest BCUT2D eigenvalue weighted by Crippen LogP contribution is -1.96. The number of isothiocyanates is 1. The largest absolute Gasteiger partial charge is 0.350 e. The average Bonchev–Trinajstić information content (AvgIpc) is 2.42. The number of hydrogen-bond donors (Lipinski definition) is 1. The van der Waals surface area contributed by atoms with Crippen LogP contribution in [0.3, 0.4) is 0 Å². The molecule has 1 N–H and O–H groups in total. The van der Waals surface area contributed by atoms with E-state index in [0.29, 0.717) is 11.4 Å². The van der Waals surface area contributed by atoms with Gasteiger partial charge >= 0.3 is 0 Å². The molecule has 0 atom stereocenters. The van der Waals surface area contributed by atoms with Gasteiger partial charge in [-0.3, -0.25) is 10.1 Å². The molecule has 6 heteroatoms. The highest BCUT2D eigenvalue weighted by Crippen LogP contribution is 2.27. The normalized spacial score (nSPS) is 9.47. The van der Waals surface area contributed by atoms with Gasteiger partial charge in [-0.1, -0.05) is 12.1 Å². The Labute approximate surface area is 114 Å². The van der Waals surface area contributed by atoms with Crippen molar-refractivity contribution in [2.24, 2.45) is 4.99 Å². The molecule has 0 amide bonds. The molecule has 0 aliphatic heterocycles. The highest BCUT2D eigenvalue weighted by atomic mass is 32.1. The number of anilines is 2. The van der Waals surface area contributed by atoms with Gasteiger partial charge in [-0.2, -0.15) is 4.99 Å². The van der Waals surface area contributed by atoms with Crippen LogP contribution in [0, 0.1) is 10.1 Å². The molecule has 0 saturated carbocycles. The Balaban J connectivity index is 2.26. The molecule has 19 heavy (non-hydrogen) atoms. The molecule has 0 aliphatic carbocycles. The van der Waals surface area contributed by atoms with Gasteiger partial charge < -0.3 is 5.32 Å². The lowest BCUT2D eigenvalue weighted by Gasteiger charge is -2.06. The Hall–Kier alpha value is -2.56. The first-order valence-electron chi connectivity index (χ1n) is 5.39. The van der Waals surface area contributed by atoms with Gasteiger partial charge in [0.2, 0.25) is 0 Å². The van der Waals surface area contributed by atoms with Crippen molar-refractivity contribution in [3.8, 4) is 0 Å². The van der Waals surface area contributed by atoms with E-state index < -0.39 is 4.92 Å². The Morgan fingerprint density at radius 3 is 2.47 bits per heavy atom. The minimum absolute atomic E-state index is 0.0310. The molecule has 0 aliphatic rings. The van der Waals surface area contributed by atoms with Crippen molar-refractivity contribution in [2.75, 3.05) is 5.32 Å². The van der Waals surface area contributed by atoms with Crippen LogP contribution in [0.5, 0.6) is 0 Å². The second kappa shape index (κ2) is 5.86. The summed E-state index contributed by atoms with van der Waals surface area (Å²) in [5.41, 5.74) is 1.89. The van der Waals surface area contributed by atoms with E-state index in [4.69, 9.17) is 0 Å². The summed E-state index contributed by atoms with van der Waals surface area (Å²) < 4.78 is 0. The van der Waals surface area contributed by atoms with Crippen LogP contribution in [0.2, 0.25) is 0 Å². The number of rotatable bonds is 4. The minimum atomic E-state index is -0.423. The third kappa shape index (κ3) is 3.22. The van der Waals surface area contributed by atoms with Gasteiger partial charge in [-0.15, -0.1) is 0 Å². The van der Waals surface area contributed by atoms with Crippen LogP contribution in [0.25, 0.3) is 0 Å². The monoisotopic (exact) mass is 271 g/mol. The lowest BCUT2D eigenvalue weighted by molar-refractivity contribution is -0.383. The number of nitro benzene ring substituents is 1. The van der Waals surface area contributed by atoms with Gasteiger partial charge in [0.25, 0.3) is 5.69 Å². The zero-order valence-electron chi connectivity index (χ0n) is 9.74. The van der Waals surface area contributed by atoms with E-state index >= 15 is 0 Å². The van der Waals surface area contributed by atoms with E-state index in [0.717, 1.165) is 5.69 Å². The number of nitrogens with one attached hydrogen (secondary N) is 1. The van der Waals surface area contributed by atoms with Gasteiger partial charge in [0, 0.05) is 11.8 Å². The van der Waals surface area contributed by atoms with Crippen LogP contribution < -0.4 is 5.32 Å². The fraction of sp³-hybridized carbons (Fsp3) is 0. The van der Waals surface area contributed by atoms with Crippen LogP contribution in [0.15, 0.2) is 53.5 Å². The maximum atomic E-state index is 10.9. The molecule has 0 unspecified atom stereocenters. The van der Waals surface area contributed by atoms with Gasteiger partial charge in [0.05, 0.1) is 15.8 Å². The fourth-order valence-electron chi connectivity index (χ4n) is 1.57. The number of benzene rings is 2. The zero-order valence-corrected chi connectivity index (χ0v) is 10.6. The van der Waals surface area contributed by atoms with E-state index in [1.165, 1.54) is 6.07 Å². The highest BCUT2D eigenvalue weighted by molar-refractivity contribution is 7.78. The van der Waals surface area contributed by atoms with Crippen molar-refractivity contribution in [2.45, 2.75) is 0 Å². The Bertz CT molecular complexity index is 649. The van der Waals surface area contributed by atoms with Crippen LogP contribution >= 0.6 is 12.2 Å². The standard InChI is InChI=1S/C13H9N3O2S/c17-16(18)13-4-2-1-3-12(13)15-11-7-5-10(6-8-11)14-9-19/h1-8,15H. The molecule has 0 heterocycles. The van der Waals surface area contributed by atoms with Crippen molar-refractivity contribution in [3.63, 3.8) is 0 Å². The quantitative estimate of drug-likeness (QED) is 0.394. The summed E-state index contributed by atoms with van der Waals surface area (Å²) in [5.74, 6) is 0. The van der Waals surface area contributed by atoms with E-state index in [2.05, 4.69) is 27.7 Å². The molecule has 2 aromatic rings. The van der Waals surface area contributed by atoms with E-state index in [-0.39, 0.29) is 5.69 Å². The van der Waals surface area contributed by atoms with Crippen LogP contribution in [0.1, 0.15) is 0 Å². The molecular weight excluding hydrogens is 262 g/mol. The number of hydrogen-bond acceptors (Lipinski definition) is 5. The number of nitrogens with zero attached hydrogens (tertiary/aromatic N) is 2. The number of thiocarbonyl (C=S) groups is 1. The van der Waals surface area contributed by atoms with E-state index in [9.17, 15) is 10.1 Å². The minimum Gasteiger partial charge on any atom is -0.350 e. The first kappa shape index (κ1) is 12.9. The number of aliphatic imine (C=N–C) groups is 1. The molecule has 94 valence electrons. The second-order valence-corrected chi connectivity index (χ2v) is 3.83. The first-order chi connectivity index (χ1) is 9.20. The average molecular weight is 271 g/mol. The topological polar surface area (TPSA) is 67.5 Å². The molecule has 0 aromatic heterocycles. The smallest absolute Gasteiger partial charge is 0.292 e. The van der Waals surface area contributed by atoms with Crippen molar-refractivity contribution >= 4 is 40.1 Å². The molecule has 2 rings (SSSR count). The summed E-state index contributed by atoms with van der Waals surface area (Å²) in [5, 5.41) is 16.2. The molecule has 5 nitrogen and oxygen atoms in total. The van der Waals surface area contributed by atoms with Gasteiger partial charge in [0.15, 0.2) is 0 Å². The molecule has 0 spiro atoms. The second-order valence-electron chi connectivity index (χ2n) is 3.65. The highest BCUT2D eigenvalue weighted by Gasteiger charge is 2.11. The van der Waals surface area contributed by atoms with Crippen molar-refractivity contribution in [1.29, 1.82) is 0 Å². The van der Waals surface area contributed by atoms with Crippen LogP contribution in [0.4, 0.5) is 22.7 Å². The number of nitro groups is 1. The summed E-state index contributed by atoms with van der Waals surface area (Å²) in [6, 6.07) is 13.5. The molecule has 0 bridgehead atoms. The SMILES string of the molecule is O=[N+]([O-])c1ccccc1Nc1ccc(N=C=S)cc1. The zero-order chi connectivity index (χ0) is 13.7. The van der Waals surface area contributed by atoms with Gasteiger partial charge in [0.1, 0.15) is 5.69 Å². The summed E-state index contributed by atoms with van der Waals surface area (Å²) in [6.07, 6.45) is 0. The predicted octanol–water partition coefficient (Wildman–Crippen LogP) is 4.07. The van der Waals surface area contributed by atoms with Crippen LogP contribution in [-0.2, 0) is 0 Å². The Morgan fingerprint density at radius 2 is 1.84 bits per heavy atom. The molecular formula is C13H9N3O2S. The third-order valence-corrected chi connectivity index (χ3v) is 2.51. The first-order valence-corrected chi connectivity index (χ1v) is 5.80. The maximum absolute atomic E-state index is 10.9. The van der Waals surface area contributed by atoms with Gasteiger partial charge in [-0.25, -0.2) is 0 Å². The maximum Gasteiger partial charge on any atom is 0.292 e. The summed E-state index contributed by atoms with van der Waals surface area (Å²) in [6.45, 7) is 0. The van der Waals surface area contributed by atoms with Crippen molar-refractivity contribution < 1.29 is 4.92 Å². The third-order valence-electron chi connectivity index (χ3n) is 2.42. The van der Waals surface area contributed by atoms with Crippen LogP contribution in [-0.4, -0.2) is 10.1 Å². The lowest BCUT2D eigenvalue weighted by atomic mass is 10.2. The summed E-state index contributed by atoms with van der Waals surface area (Å²) >= 11 is 4.51. The predicted molar refractivity (Wildman–Crippen MR) is 77.5 cm³/mol. The summed E-state index contributed by atoms with van der Waals surface area (Å²) in [7, 11) is 0. The Kier molecular flexibility index (Phi) is 3.97. The fourth-order valence-corrected chi connectivity index (χ4v) is 1.67. The van der Waals surface area contributed by atoms with Crippen molar-refractivity contribution in [3.05, 3.63) is 58.6 Å². The summed E-state index contributed by atoms with van der Waals surface area (Å²) in [4.78, 5) is 14.3. The number of para-hydroxylation sites is 2. The van der Waals surface area contributed by atoms with Gasteiger partial charge in [-0.05, 0) is 42.5 Å². The molecule has 0 fully saturated rings. The van der Waals surface area contributed by atoms with E-state index in [1.54, 1.807) is 42.5 Å². The molecule has 0 saturated heterocycles. The van der Waals surface area contributed by atoms with E-state index in [1.807, 2.05) is 0 Å². The van der Waals surface area contributed by atoms with Crippen molar-refractivity contribution in [1.82, 2.24) is 0 Å².